The number of rotatable bonds is 5. The summed E-state index contributed by atoms with van der Waals surface area (Å²) in [6, 6.07) is 12.6. The molecule has 174 valence electrons. The molecule has 1 fully saturated rings. The third-order valence-corrected chi connectivity index (χ3v) is 7.38. The summed E-state index contributed by atoms with van der Waals surface area (Å²) >= 11 is 6.28. The summed E-state index contributed by atoms with van der Waals surface area (Å²) in [6.07, 6.45) is 10.2. The van der Waals surface area contributed by atoms with E-state index in [1.165, 1.54) is 18.1 Å². The largest absolute Gasteiger partial charge is 0.351 e. The van der Waals surface area contributed by atoms with Gasteiger partial charge in [0.15, 0.2) is 0 Å². The lowest BCUT2D eigenvalue weighted by atomic mass is 9.69. The lowest BCUT2D eigenvalue weighted by molar-refractivity contribution is 0.0938. The summed E-state index contributed by atoms with van der Waals surface area (Å²) < 4.78 is 16.6. The summed E-state index contributed by atoms with van der Waals surface area (Å²) in [4.78, 5) is 22.0. The van der Waals surface area contributed by atoms with Crippen molar-refractivity contribution in [2.24, 2.45) is 0 Å². The minimum atomic E-state index is -0.446. The smallest absolute Gasteiger partial charge is 0.253 e. The van der Waals surface area contributed by atoms with Crippen molar-refractivity contribution in [3.05, 3.63) is 88.6 Å². The first-order chi connectivity index (χ1) is 16.5. The molecular formula is C27H26ClFN4O. The summed E-state index contributed by atoms with van der Waals surface area (Å²) in [5, 5.41) is 4.15. The number of hydrogen-bond acceptors (Lipinski definition) is 3. The van der Waals surface area contributed by atoms with Gasteiger partial charge in [-0.3, -0.25) is 9.36 Å². The number of hydrogen-bond donors (Lipinski definition) is 1. The number of amides is 1. The number of nitrogens with zero attached hydrogens (tertiary/aromatic N) is 3. The van der Waals surface area contributed by atoms with Crippen molar-refractivity contribution >= 4 is 28.4 Å². The molecule has 7 heteroatoms. The van der Waals surface area contributed by atoms with Gasteiger partial charge in [-0.25, -0.2) is 14.4 Å². The van der Waals surface area contributed by atoms with Crippen LogP contribution in [0.3, 0.4) is 0 Å². The Morgan fingerprint density at radius 2 is 1.88 bits per heavy atom. The Balaban J connectivity index is 1.49. The molecule has 1 amide bonds. The molecule has 1 aliphatic rings. The van der Waals surface area contributed by atoms with Crippen molar-refractivity contribution < 1.29 is 9.18 Å². The van der Waals surface area contributed by atoms with Crippen molar-refractivity contribution in [3.8, 4) is 5.95 Å². The molecule has 4 aromatic rings. The van der Waals surface area contributed by atoms with E-state index in [1.54, 1.807) is 41.4 Å². The SMILES string of the molecule is Cc1cc(C2(CNC(=O)c3cn(-c4ncccn4)c4cccc(F)c34)CCCCC2)ccc1Cl. The van der Waals surface area contributed by atoms with Crippen molar-refractivity contribution in [2.75, 3.05) is 6.54 Å². The normalized spacial score (nSPS) is 15.4. The molecule has 5 nitrogen and oxygen atoms in total. The second-order valence-electron chi connectivity index (χ2n) is 9.08. The molecule has 2 aromatic heterocycles. The monoisotopic (exact) mass is 476 g/mol. The van der Waals surface area contributed by atoms with Gasteiger partial charge in [0.2, 0.25) is 5.95 Å². The molecule has 0 spiro atoms. The number of halogens is 2. The van der Waals surface area contributed by atoms with Crippen molar-refractivity contribution in [1.82, 2.24) is 19.9 Å². The molecule has 0 atom stereocenters. The predicted molar refractivity (Wildman–Crippen MR) is 132 cm³/mol. The molecule has 2 aromatic carbocycles. The van der Waals surface area contributed by atoms with E-state index in [0.29, 0.717) is 18.0 Å². The minimum absolute atomic E-state index is 0.164. The van der Waals surface area contributed by atoms with Gasteiger partial charge < -0.3 is 5.32 Å². The van der Waals surface area contributed by atoms with Crippen LogP contribution >= 0.6 is 11.6 Å². The first-order valence-electron chi connectivity index (χ1n) is 11.6. The van der Waals surface area contributed by atoms with Crippen molar-refractivity contribution in [2.45, 2.75) is 44.4 Å². The second kappa shape index (κ2) is 9.18. The Kier molecular flexibility index (Phi) is 6.09. The van der Waals surface area contributed by atoms with Crippen LogP contribution in [0, 0.1) is 12.7 Å². The van der Waals surface area contributed by atoms with Gasteiger partial charge in [-0.15, -0.1) is 0 Å². The maximum Gasteiger partial charge on any atom is 0.253 e. The van der Waals surface area contributed by atoms with Crippen LogP contribution in [0.25, 0.3) is 16.9 Å². The van der Waals surface area contributed by atoms with Gasteiger partial charge in [-0.2, -0.15) is 0 Å². The van der Waals surface area contributed by atoms with Crippen LogP contribution in [0.2, 0.25) is 5.02 Å². The highest BCUT2D eigenvalue weighted by atomic mass is 35.5. The van der Waals surface area contributed by atoms with Gasteiger partial charge in [-0.05, 0) is 55.2 Å². The molecule has 34 heavy (non-hydrogen) atoms. The number of benzene rings is 2. The average molecular weight is 477 g/mol. The molecular weight excluding hydrogens is 451 g/mol. The highest BCUT2D eigenvalue weighted by Gasteiger charge is 2.35. The van der Waals surface area contributed by atoms with Gasteiger partial charge in [0.25, 0.3) is 5.91 Å². The Hall–Kier alpha value is -3.25. The summed E-state index contributed by atoms with van der Waals surface area (Å²) in [6.45, 7) is 2.49. The fraction of sp³-hybridized carbons (Fsp3) is 0.296. The van der Waals surface area contributed by atoms with E-state index < -0.39 is 5.82 Å². The number of nitrogens with one attached hydrogen (secondary N) is 1. The molecule has 1 N–H and O–H groups in total. The van der Waals surface area contributed by atoms with Crippen LogP contribution in [0.15, 0.2) is 61.1 Å². The fourth-order valence-electron chi connectivity index (χ4n) is 5.11. The first-order valence-corrected chi connectivity index (χ1v) is 12.0. The second-order valence-corrected chi connectivity index (χ2v) is 9.49. The maximum atomic E-state index is 14.9. The van der Waals surface area contributed by atoms with Crippen LogP contribution in [-0.2, 0) is 5.41 Å². The quantitative estimate of drug-likeness (QED) is 0.375. The van der Waals surface area contributed by atoms with Gasteiger partial charge >= 0.3 is 0 Å². The molecule has 0 unspecified atom stereocenters. The number of aryl methyl sites for hydroxylation is 1. The van der Waals surface area contributed by atoms with Crippen LogP contribution in [-0.4, -0.2) is 27.0 Å². The number of fused-ring (bicyclic) bond motifs is 1. The van der Waals surface area contributed by atoms with Gasteiger partial charge in [0.05, 0.1) is 11.1 Å². The molecule has 0 aliphatic heterocycles. The van der Waals surface area contributed by atoms with Gasteiger partial charge in [0.1, 0.15) is 5.82 Å². The average Bonchev–Trinajstić information content (AvgIpc) is 3.26. The Morgan fingerprint density at radius 1 is 1.12 bits per heavy atom. The molecule has 2 heterocycles. The van der Waals surface area contributed by atoms with Crippen molar-refractivity contribution in [3.63, 3.8) is 0 Å². The Labute approximate surface area is 203 Å². The van der Waals surface area contributed by atoms with E-state index in [4.69, 9.17) is 11.6 Å². The highest BCUT2D eigenvalue weighted by molar-refractivity contribution is 6.31. The Morgan fingerprint density at radius 3 is 2.62 bits per heavy atom. The van der Waals surface area contributed by atoms with Crippen LogP contribution in [0.5, 0.6) is 0 Å². The third-order valence-electron chi connectivity index (χ3n) is 6.96. The third kappa shape index (κ3) is 4.07. The zero-order valence-corrected chi connectivity index (χ0v) is 19.8. The molecule has 0 saturated heterocycles. The molecule has 1 saturated carbocycles. The molecule has 0 bridgehead atoms. The lowest BCUT2D eigenvalue weighted by Gasteiger charge is -2.38. The number of carbonyl (C=O) groups excluding carboxylic acids is 1. The van der Waals surface area contributed by atoms with Gasteiger partial charge in [0, 0.05) is 41.0 Å². The zero-order chi connectivity index (χ0) is 23.7. The molecule has 5 rings (SSSR count). The molecule has 1 aliphatic carbocycles. The van der Waals surface area contributed by atoms with E-state index in [9.17, 15) is 9.18 Å². The minimum Gasteiger partial charge on any atom is -0.351 e. The summed E-state index contributed by atoms with van der Waals surface area (Å²) in [5.41, 5.74) is 2.89. The van der Waals surface area contributed by atoms with Crippen LogP contribution in [0.1, 0.15) is 53.6 Å². The molecule has 0 radical (unpaired) electrons. The summed E-state index contributed by atoms with van der Waals surface area (Å²) in [7, 11) is 0. The lowest BCUT2D eigenvalue weighted by Crippen LogP contribution is -2.42. The number of aromatic nitrogens is 3. The Bertz CT molecular complexity index is 1350. The topological polar surface area (TPSA) is 59.8 Å². The van der Waals surface area contributed by atoms with E-state index in [-0.39, 0.29) is 22.3 Å². The van der Waals surface area contributed by atoms with E-state index >= 15 is 0 Å². The van der Waals surface area contributed by atoms with Gasteiger partial charge in [-0.1, -0.05) is 49.1 Å². The predicted octanol–water partition coefficient (Wildman–Crippen LogP) is 6.15. The van der Waals surface area contributed by atoms with Crippen LogP contribution < -0.4 is 5.32 Å². The number of carbonyl (C=O) groups is 1. The van der Waals surface area contributed by atoms with E-state index in [2.05, 4.69) is 27.4 Å². The first kappa shape index (κ1) is 22.5. The maximum absolute atomic E-state index is 14.9. The highest BCUT2D eigenvalue weighted by Crippen LogP contribution is 2.40. The summed E-state index contributed by atoms with van der Waals surface area (Å²) in [5.74, 6) is -0.365. The standard InChI is InChI=1S/C27H26ClFN4O/c1-18-15-19(9-10-21(18)28)27(11-3-2-4-12-27)17-32-25(34)20-16-33(26-30-13-6-14-31-26)23-8-5-7-22(29)24(20)23/h5-10,13-16H,2-4,11-12,17H2,1H3,(H,32,34). The van der Waals surface area contributed by atoms with Crippen molar-refractivity contribution in [1.29, 1.82) is 0 Å². The van der Waals surface area contributed by atoms with E-state index in [1.807, 2.05) is 13.0 Å². The van der Waals surface area contributed by atoms with E-state index in [0.717, 1.165) is 36.3 Å². The zero-order valence-electron chi connectivity index (χ0n) is 19.0. The van der Waals surface area contributed by atoms with Crippen LogP contribution in [0.4, 0.5) is 4.39 Å². The fourth-order valence-corrected chi connectivity index (χ4v) is 5.23.